The van der Waals surface area contributed by atoms with Gasteiger partial charge < -0.3 is 5.32 Å². The molecule has 0 saturated carbocycles. The second-order valence-corrected chi connectivity index (χ2v) is 6.88. The molecule has 0 aliphatic heterocycles. The SMILES string of the molecule is Cc1cc(C)cc(NC(C)c2ccc(Br)s2)c1. The van der Waals surface area contributed by atoms with E-state index in [9.17, 15) is 0 Å². The third-order valence-electron chi connectivity index (χ3n) is 2.63. The van der Waals surface area contributed by atoms with Crippen molar-refractivity contribution < 1.29 is 0 Å². The molecular weight excluding hydrogens is 294 g/mol. The van der Waals surface area contributed by atoms with Crippen LogP contribution in [0.3, 0.4) is 0 Å². The van der Waals surface area contributed by atoms with Gasteiger partial charge in [0, 0.05) is 10.6 Å². The highest BCUT2D eigenvalue weighted by molar-refractivity contribution is 9.11. The molecule has 0 spiro atoms. The van der Waals surface area contributed by atoms with E-state index in [2.05, 4.69) is 72.3 Å². The maximum Gasteiger partial charge on any atom is 0.0702 e. The van der Waals surface area contributed by atoms with Crippen molar-refractivity contribution in [3.05, 3.63) is 50.1 Å². The molecule has 2 aromatic rings. The molecule has 2 rings (SSSR count). The third-order valence-corrected chi connectivity index (χ3v) is 4.43. The summed E-state index contributed by atoms with van der Waals surface area (Å²) in [5.41, 5.74) is 3.79. The number of hydrogen-bond acceptors (Lipinski definition) is 2. The molecule has 1 N–H and O–H groups in total. The fourth-order valence-electron chi connectivity index (χ4n) is 1.94. The number of nitrogens with one attached hydrogen (secondary N) is 1. The number of aryl methyl sites for hydroxylation is 2. The Balaban J connectivity index is 2.15. The van der Waals surface area contributed by atoms with Crippen molar-refractivity contribution in [3.63, 3.8) is 0 Å². The van der Waals surface area contributed by atoms with Crippen LogP contribution in [0.2, 0.25) is 0 Å². The quantitative estimate of drug-likeness (QED) is 0.811. The van der Waals surface area contributed by atoms with Crippen LogP contribution in [0.4, 0.5) is 5.69 Å². The molecule has 3 heteroatoms. The van der Waals surface area contributed by atoms with Gasteiger partial charge in [-0.05, 0) is 72.1 Å². The first-order valence-corrected chi connectivity index (χ1v) is 7.25. The molecule has 1 heterocycles. The molecule has 0 fully saturated rings. The molecule has 1 atom stereocenters. The molecule has 1 aromatic heterocycles. The van der Waals surface area contributed by atoms with Crippen LogP contribution in [0.25, 0.3) is 0 Å². The van der Waals surface area contributed by atoms with Crippen molar-refractivity contribution >= 4 is 33.0 Å². The molecule has 17 heavy (non-hydrogen) atoms. The van der Waals surface area contributed by atoms with Gasteiger partial charge >= 0.3 is 0 Å². The topological polar surface area (TPSA) is 12.0 Å². The highest BCUT2D eigenvalue weighted by Gasteiger charge is 2.08. The summed E-state index contributed by atoms with van der Waals surface area (Å²) < 4.78 is 1.18. The van der Waals surface area contributed by atoms with E-state index in [4.69, 9.17) is 0 Å². The van der Waals surface area contributed by atoms with E-state index < -0.39 is 0 Å². The van der Waals surface area contributed by atoms with E-state index in [1.165, 1.54) is 25.5 Å². The molecule has 90 valence electrons. The van der Waals surface area contributed by atoms with Gasteiger partial charge in [-0.25, -0.2) is 0 Å². The number of hydrogen-bond donors (Lipinski definition) is 1. The number of halogens is 1. The lowest BCUT2D eigenvalue weighted by Crippen LogP contribution is -2.05. The van der Waals surface area contributed by atoms with Gasteiger partial charge in [0.15, 0.2) is 0 Å². The Morgan fingerprint density at radius 3 is 2.29 bits per heavy atom. The van der Waals surface area contributed by atoms with Crippen LogP contribution in [0.15, 0.2) is 34.1 Å². The lowest BCUT2D eigenvalue weighted by molar-refractivity contribution is 0.907. The minimum absolute atomic E-state index is 0.340. The minimum atomic E-state index is 0.340. The zero-order valence-corrected chi connectivity index (χ0v) is 12.7. The van der Waals surface area contributed by atoms with Gasteiger partial charge in [0.25, 0.3) is 0 Å². The Hall–Kier alpha value is -0.800. The molecule has 0 aliphatic rings. The van der Waals surface area contributed by atoms with Crippen LogP contribution in [-0.2, 0) is 0 Å². The van der Waals surface area contributed by atoms with Crippen LogP contribution in [0.1, 0.15) is 29.0 Å². The van der Waals surface area contributed by atoms with Gasteiger partial charge in [0.1, 0.15) is 0 Å². The third kappa shape index (κ3) is 3.33. The van der Waals surface area contributed by atoms with Gasteiger partial charge in [-0.15, -0.1) is 11.3 Å². The average molecular weight is 310 g/mol. The molecule has 1 nitrogen and oxygen atoms in total. The average Bonchev–Trinajstić information content (AvgIpc) is 2.63. The number of rotatable bonds is 3. The monoisotopic (exact) mass is 309 g/mol. The second-order valence-electron chi connectivity index (χ2n) is 4.38. The van der Waals surface area contributed by atoms with Gasteiger partial charge in [-0.3, -0.25) is 0 Å². The van der Waals surface area contributed by atoms with Crippen molar-refractivity contribution in [2.75, 3.05) is 5.32 Å². The molecule has 0 saturated heterocycles. The van der Waals surface area contributed by atoms with E-state index in [1.807, 2.05) is 0 Å². The van der Waals surface area contributed by atoms with Crippen molar-refractivity contribution in [2.45, 2.75) is 26.8 Å². The smallest absolute Gasteiger partial charge is 0.0702 e. The highest BCUT2D eigenvalue weighted by atomic mass is 79.9. The minimum Gasteiger partial charge on any atom is -0.378 e. The van der Waals surface area contributed by atoms with E-state index >= 15 is 0 Å². The standard InChI is InChI=1S/C14H16BrNS/c1-9-6-10(2)8-12(7-9)16-11(3)13-4-5-14(15)17-13/h4-8,11,16H,1-3H3. The maximum atomic E-state index is 3.54. The molecular formula is C14H16BrNS. The van der Waals surface area contributed by atoms with Gasteiger partial charge in [0.2, 0.25) is 0 Å². The normalized spacial score (nSPS) is 12.5. The van der Waals surface area contributed by atoms with Crippen LogP contribution >= 0.6 is 27.3 Å². The fraction of sp³-hybridized carbons (Fsp3) is 0.286. The Bertz CT molecular complexity index is 498. The van der Waals surface area contributed by atoms with Crippen molar-refractivity contribution in [3.8, 4) is 0 Å². The Labute approximate surface area is 115 Å². The van der Waals surface area contributed by atoms with E-state index in [-0.39, 0.29) is 0 Å². The second kappa shape index (κ2) is 5.23. The first kappa shape index (κ1) is 12.7. The predicted octanol–water partition coefficient (Wildman–Crippen LogP) is 5.30. The summed E-state index contributed by atoms with van der Waals surface area (Å²) >= 11 is 5.28. The number of thiophene rings is 1. The molecule has 0 bridgehead atoms. The summed E-state index contributed by atoms with van der Waals surface area (Å²) in [5, 5.41) is 3.54. The molecule has 1 aromatic carbocycles. The van der Waals surface area contributed by atoms with Crippen LogP contribution in [0, 0.1) is 13.8 Å². The van der Waals surface area contributed by atoms with Crippen molar-refractivity contribution in [1.82, 2.24) is 0 Å². The van der Waals surface area contributed by atoms with Crippen LogP contribution < -0.4 is 5.32 Å². The summed E-state index contributed by atoms with van der Waals surface area (Å²) in [6.07, 6.45) is 0. The summed E-state index contributed by atoms with van der Waals surface area (Å²) in [7, 11) is 0. The van der Waals surface area contributed by atoms with Crippen LogP contribution in [-0.4, -0.2) is 0 Å². The Morgan fingerprint density at radius 1 is 1.12 bits per heavy atom. The largest absolute Gasteiger partial charge is 0.378 e. The van der Waals surface area contributed by atoms with E-state index in [0.29, 0.717) is 6.04 Å². The molecule has 0 amide bonds. The predicted molar refractivity (Wildman–Crippen MR) is 80.0 cm³/mol. The fourth-order valence-corrected chi connectivity index (χ4v) is 3.37. The highest BCUT2D eigenvalue weighted by Crippen LogP contribution is 2.29. The lowest BCUT2D eigenvalue weighted by Gasteiger charge is -2.14. The molecule has 0 aliphatic carbocycles. The first-order valence-electron chi connectivity index (χ1n) is 5.64. The summed E-state index contributed by atoms with van der Waals surface area (Å²) in [6, 6.07) is 11.2. The van der Waals surface area contributed by atoms with Crippen molar-refractivity contribution in [1.29, 1.82) is 0 Å². The van der Waals surface area contributed by atoms with Gasteiger partial charge in [-0.1, -0.05) is 6.07 Å². The van der Waals surface area contributed by atoms with E-state index in [1.54, 1.807) is 11.3 Å². The Morgan fingerprint density at radius 2 is 1.76 bits per heavy atom. The lowest BCUT2D eigenvalue weighted by atomic mass is 10.1. The van der Waals surface area contributed by atoms with Crippen LogP contribution in [0.5, 0.6) is 0 Å². The number of benzene rings is 1. The Kier molecular flexibility index (Phi) is 3.89. The summed E-state index contributed by atoms with van der Waals surface area (Å²) in [5.74, 6) is 0. The van der Waals surface area contributed by atoms with E-state index in [0.717, 1.165) is 0 Å². The molecule has 1 unspecified atom stereocenters. The number of anilines is 1. The first-order chi connectivity index (χ1) is 8.04. The van der Waals surface area contributed by atoms with Gasteiger partial charge in [-0.2, -0.15) is 0 Å². The summed E-state index contributed by atoms with van der Waals surface area (Å²) in [4.78, 5) is 1.34. The molecule has 0 radical (unpaired) electrons. The van der Waals surface area contributed by atoms with Crippen molar-refractivity contribution in [2.24, 2.45) is 0 Å². The zero-order chi connectivity index (χ0) is 12.4. The van der Waals surface area contributed by atoms with Gasteiger partial charge in [0.05, 0.1) is 9.83 Å². The summed E-state index contributed by atoms with van der Waals surface area (Å²) in [6.45, 7) is 6.45. The maximum absolute atomic E-state index is 3.54. The zero-order valence-electron chi connectivity index (χ0n) is 10.3.